The molecule has 0 bridgehead atoms. The Morgan fingerprint density at radius 3 is 2.58 bits per heavy atom. The zero-order valence-electron chi connectivity index (χ0n) is 10.4. The number of halogens is 2. The Balaban J connectivity index is 2.99. The van der Waals surface area contributed by atoms with E-state index >= 15 is 0 Å². The number of carbonyl (C=O) groups is 2. The van der Waals surface area contributed by atoms with Gasteiger partial charge in [0.25, 0.3) is 0 Å². The van der Waals surface area contributed by atoms with Crippen LogP contribution in [0, 0.1) is 0 Å². The van der Waals surface area contributed by atoms with Crippen LogP contribution < -0.4 is 5.32 Å². The minimum atomic E-state index is -0.526. The third kappa shape index (κ3) is 4.58. The fourth-order valence-electron chi connectivity index (χ4n) is 1.80. The smallest absolute Gasteiger partial charge is 0.137 e. The number of hydrogen-bond donors (Lipinski definition) is 1. The van der Waals surface area contributed by atoms with E-state index in [2.05, 4.69) is 5.32 Å². The highest BCUT2D eigenvalue weighted by Crippen LogP contribution is 2.29. The van der Waals surface area contributed by atoms with Gasteiger partial charge in [0.1, 0.15) is 12.6 Å². The second-order valence-electron chi connectivity index (χ2n) is 3.98. The summed E-state index contributed by atoms with van der Waals surface area (Å²) < 4.78 is 4.88. The molecule has 2 atom stereocenters. The third-order valence-corrected chi connectivity index (χ3v) is 3.50. The lowest BCUT2D eigenvalue weighted by Crippen LogP contribution is -2.37. The number of benzene rings is 1. The van der Waals surface area contributed by atoms with Gasteiger partial charge < -0.3 is 14.3 Å². The molecule has 1 N–H and O–H groups in total. The highest BCUT2D eigenvalue weighted by atomic mass is 35.5. The van der Waals surface area contributed by atoms with Gasteiger partial charge in [-0.3, -0.25) is 5.32 Å². The SMILES string of the molecule is COCNC(C=O)[C@H](CC=O)c1ccc(Cl)c(Cl)c1. The molecule has 1 unspecified atom stereocenters. The van der Waals surface area contributed by atoms with Crippen LogP contribution in [0.2, 0.25) is 10.0 Å². The lowest BCUT2D eigenvalue weighted by Gasteiger charge is -2.22. The van der Waals surface area contributed by atoms with E-state index in [1.54, 1.807) is 18.2 Å². The molecule has 0 aliphatic carbocycles. The molecule has 0 spiro atoms. The van der Waals surface area contributed by atoms with Crippen molar-refractivity contribution < 1.29 is 14.3 Å². The van der Waals surface area contributed by atoms with Crippen LogP contribution >= 0.6 is 23.2 Å². The van der Waals surface area contributed by atoms with E-state index in [1.807, 2.05) is 0 Å². The molecular weight excluding hydrogens is 289 g/mol. The Labute approximate surface area is 122 Å². The van der Waals surface area contributed by atoms with E-state index < -0.39 is 6.04 Å². The summed E-state index contributed by atoms with van der Waals surface area (Å²) in [5, 5.41) is 3.74. The lowest BCUT2D eigenvalue weighted by molar-refractivity contribution is -0.111. The minimum absolute atomic E-state index is 0.206. The van der Waals surface area contributed by atoms with Crippen molar-refractivity contribution in [2.75, 3.05) is 13.8 Å². The molecule has 6 heteroatoms. The summed E-state index contributed by atoms with van der Waals surface area (Å²) in [6, 6.07) is 4.55. The number of rotatable bonds is 8. The number of hydrogen-bond acceptors (Lipinski definition) is 4. The summed E-state index contributed by atoms with van der Waals surface area (Å²) in [5.74, 6) is -0.306. The molecular formula is C13H15Cl2NO3. The predicted octanol–water partition coefficient (Wildman–Crippen LogP) is 2.43. The highest BCUT2D eigenvalue weighted by molar-refractivity contribution is 6.42. The maximum absolute atomic E-state index is 11.2. The normalized spacial score (nSPS) is 13.8. The first kappa shape index (κ1) is 16.1. The molecule has 1 rings (SSSR count). The van der Waals surface area contributed by atoms with Gasteiger partial charge in [0, 0.05) is 19.4 Å². The molecule has 0 saturated heterocycles. The molecule has 0 saturated carbocycles. The highest BCUT2D eigenvalue weighted by Gasteiger charge is 2.22. The zero-order chi connectivity index (χ0) is 14.3. The lowest BCUT2D eigenvalue weighted by atomic mass is 9.89. The fraction of sp³-hybridized carbons (Fsp3) is 0.385. The van der Waals surface area contributed by atoms with Crippen LogP contribution in [0.15, 0.2) is 18.2 Å². The van der Waals surface area contributed by atoms with Crippen LogP contribution in [0.5, 0.6) is 0 Å². The predicted molar refractivity (Wildman–Crippen MR) is 74.7 cm³/mol. The van der Waals surface area contributed by atoms with Gasteiger partial charge in [-0.2, -0.15) is 0 Å². The third-order valence-electron chi connectivity index (χ3n) is 2.77. The number of nitrogens with one attached hydrogen (secondary N) is 1. The number of methoxy groups -OCH3 is 1. The molecule has 0 fully saturated rings. The summed E-state index contributed by atoms with van der Waals surface area (Å²) >= 11 is 11.8. The minimum Gasteiger partial charge on any atom is -0.370 e. The van der Waals surface area contributed by atoms with Crippen molar-refractivity contribution in [1.82, 2.24) is 5.32 Å². The van der Waals surface area contributed by atoms with Gasteiger partial charge in [0.2, 0.25) is 0 Å². The van der Waals surface area contributed by atoms with Gasteiger partial charge in [-0.1, -0.05) is 29.3 Å². The molecule has 1 aromatic rings. The largest absolute Gasteiger partial charge is 0.370 e. The summed E-state index contributed by atoms with van der Waals surface area (Å²) in [6.07, 6.45) is 1.74. The Kier molecular flexibility index (Phi) is 7.02. The second kappa shape index (κ2) is 8.27. The van der Waals surface area contributed by atoms with Gasteiger partial charge in [-0.25, -0.2) is 0 Å². The van der Waals surface area contributed by atoms with E-state index in [1.165, 1.54) is 7.11 Å². The van der Waals surface area contributed by atoms with Crippen LogP contribution in [0.1, 0.15) is 17.9 Å². The molecule has 4 nitrogen and oxygen atoms in total. The van der Waals surface area contributed by atoms with Crippen LogP contribution in [0.25, 0.3) is 0 Å². The van der Waals surface area contributed by atoms with Crippen LogP contribution in [0.4, 0.5) is 0 Å². The summed E-state index contributed by atoms with van der Waals surface area (Å²) in [6.45, 7) is 0.222. The quantitative estimate of drug-likeness (QED) is 0.592. The van der Waals surface area contributed by atoms with Crippen molar-refractivity contribution in [1.29, 1.82) is 0 Å². The maximum atomic E-state index is 11.2. The first-order valence-corrected chi connectivity index (χ1v) is 6.45. The maximum Gasteiger partial charge on any atom is 0.137 e. The second-order valence-corrected chi connectivity index (χ2v) is 4.80. The van der Waals surface area contributed by atoms with Gasteiger partial charge in [-0.05, 0) is 17.7 Å². The Bertz CT molecular complexity index is 440. The fourth-order valence-corrected chi connectivity index (χ4v) is 2.11. The van der Waals surface area contributed by atoms with Crippen molar-refractivity contribution in [3.05, 3.63) is 33.8 Å². The van der Waals surface area contributed by atoms with Crippen LogP contribution in [0.3, 0.4) is 0 Å². The molecule has 104 valence electrons. The Morgan fingerprint density at radius 1 is 1.32 bits per heavy atom. The Morgan fingerprint density at radius 2 is 2.05 bits per heavy atom. The molecule has 0 heterocycles. The van der Waals surface area contributed by atoms with E-state index in [0.717, 1.165) is 18.1 Å². The van der Waals surface area contributed by atoms with E-state index in [0.29, 0.717) is 10.0 Å². The number of aldehydes is 2. The van der Waals surface area contributed by atoms with Gasteiger partial charge >= 0.3 is 0 Å². The Hall–Kier alpha value is -0.940. The van der Waals surface area contributed by atoms with Gasteiger partial charge in [0.05, 0.1) is 22.8 Å². The molecule has 0 aliphatic heterocycles. The summed E-state index contributed by atoms with van der Waals surface area (Å²) in [4.78, 5) is 22.0. The first-order chi connectivity index (χ1) is 9.13. The van der Waals surface area contributed by atoms with E-state index in [9.17, 15) is 9.59 Å². The molecule has 0 amide bonds. The average Bonchev–Trinajstić information content (AvgIpc) is 2.41. The summed E-state index contributed by atoms with van der Waals surface area (Å²) in [5.41, 5.74) is 0.780. The van der Waals surface area contributed by atoms with Crippen molar-refractivity contribution in [3.8, 4) is 0 Å². The number of ether oxygens (including phenoxy) is 1. The monoisotopic (exact) mass is 303 g/mol. The van der Waals surface area contributed by atoms with Gasteiger partial charge in [-0.15, -0.1) is 0 Å². The molecule has 0 aromatic heterocycles. The van der Waals surface area contributed by atoms with E-state index in [-0.39, 0.29) is 19.1 Å². The molecule has 0 radical (unpaired) electrons. The molecule has 1 aromatic carbocycles. The average molecular weight is 304 g/mol. The topological polar surface area (TPSA) is 55.4 Å². The molecule has 0 aliphatic rings. The van der Waals surface area contributed by atoms with Crippen LogP contribution in [-0.4, -0.2) is 32.5 Å². The summed E-state index contributed by atoms with van der Waals surface area (Å²) in [7, 11) is 1.52. The molecule has 19 heavy (non-hydrogen) atoms. The van der Waals surface area contributed by atoms with E-state index in [4.69, 9.17) is 27.9 Å². The zero-order valence-corrected chi connectivity index (χ0v) is 11.9. The standard InChI is InChI=1S/C13H15Cl2NO3/c1-19-8-16-13(7-18)10(4-5-17)9-2-3-11(14)12(15)6-9/h2-3,5-7,10,13,16H,4,8H2,1H3/t10-,13?/m1/s1. The first-order valence-electron chi connectivity index (χ1n) is 5.70. The van der Waals surface area contributed by atoms with Crippen molar-refractivity contribution in [3.63, 3.8) is 0 Å². The van der Waals surface area contributed by atoms with Gasteiger partial charge in [0.15, 0.2) is 0 Å². The van der Waals surface area contributed by atoms with Crippen molar-refractivity contribution >= 4 is 35.8 Å². The van der Waals surface area contributed by atoms with Crippen LogP contribution in [-0.2, 0) is 14.3 Å². The number of carbonyl (C=O) groups excluding carboxylic acids is 2. The van der Waals surface area contributed by atoms with Crippen molar-refractivity contribution in [2.45, 2.75) is 18.4 Å². The van der Waals surface area contributed by atoms with Crippen molar-refractivity contribution in [2.24, 2.45) is 0 Å².